The molecule has 0 saturated heterocycles. The van der Waals surface area contributed by atoms with Crippen molar-refractivity contribution in [1.29, 1.82) is 0 Å². The van der Waals surface area contributed by atoms with Gasteiger partial charge in [0.2, 0.25) is 0 Å². The zero-order valence-electron chi connectivity index (χ0n) is 11.4. The van der Waals surface area contributed by atoms with Crippen molar-refractivity contribution in [3.05, 3.63) is 50.6 Å². The minimum atomic E-state index is 0.158. The van der Waals surface area contributed by atoms with Crippen LogP contribution in [0.4, 0.5) is 0 Å². The van der Waals surface area contributed by atoms with Gasteiger partial charge in [-0.1, -0.05) is 18.2 Å². The highest BCUT2D eigenvalue weighted by molar-refractivity contribution is 9.10. The van der Waals surface area contributed by atoms with E-state index < -0.39 is 0 Å². The monoisotopic (exact) mass is 365 g/mol. The van der Waals surface area contributed by atoms with E-state index in [-0.39, 0.29) is 6.04 Å². The van der Waals surface area contributed by atoms with Crippen LogP contribution in [0, 0.1) is 0 Å². The Morgan fingerprint density at radius 1 is 1.43 bits per heavy atom. The van der Waals surface area contributed by atoms with E-state index in [4.69, 9.17) is 10.5 Å². The summed E-state index contributed by atoms with van der Waals surface area (Å²) in [6, 6.07) is 10.2. The van der Waals surface area contributed by atoms with Gasteiger partial charge in [-0.2, -0.15) is 0 Å². The number of nitrogens with one attached hydrogen (secondary N) is 1. The average Bonchev–Trinajstić information content (AvgIpc) is 2.91. The second-order valence-electron chi connectivity index (χ2n) is 4.77. The third-order valence-electron chi connectivity index (χ3n) is 3.36. The van der Waals surface area contributed by atoms with Crippen LogP contribution in [0.25, 0.3) is 0 Å². The lowest BCUT2D eigenvalue weighted by molar-refractivity contribution is 0.262. The van der Waals surface area contributed by atoms with Crippen molar-refractivity contribution in [2.45, 2.75) is 19.0 Å². The van der Waals surface area contributed by atoms with Crippen molar-refractivity contribution in [2.24, 2.45) is 10.7 Å². The molecule has 3 rings (SSSR count). The van der Waals surface area contributed by atoms with Gasteiger partial charge in [0.25, 0.3) is 0 Å². The molecule has 0 bridgehead atoms. The minimum Gasteiger partial charge on any atom is -0.493 e. The number of benzene rings is 1. The van der Waals surface area contributed by atoms with Gasteiger partial charge >= 0.3 is 0 Å². The molecule has 0 amide bonds. The third kappa shape index (κ3) is 3.39. The highest BCUT2D eigenvalue weighted by Crippen LogP contribution is 2.31. The predicted molar refractivity (Wildman–Crippen MR) is 89.8 cm³/mol. The van der Waals surface area contributed by atoms with E-state index in [0.717, 1.165) is 22.2 Å². The lowest BCUT2D eigenvalue weighted by Crippen LogP contribution is -2.37. The number of ether oxygens (including phenoxy) is 1. The van der Waals surface area contributed by atoms with Crippen molar-refractivity contribution in [2.75, 3.05) is 6.61 Å². The van der Waals surface area contributed by atoms with Crippen LogP contribution in [0.15, 0.2) is 45.2 Å². The first-order valence-electron chi connectivity index (χ1n) is 6.74. The highest BCUT2D eigenvalue weighted by Gasteiger charge is 2.21. The molecule has 0 spiro atoms. The summed E-state index contributed by atoms with van der Waals surface area (Å²) >= 11 is 5.17. The number of hydrogen-bond donors (Lipinski definition) is 2. The van der Waals surface area contributed by atoms with Crippen LogP contribution in [0.1, 0.15) is 22.9 Å². The smallest absolute Gasteiger partial charge is 0.189 e. The van der Waals surface area contributed by atoms with Crippen LogP contribution in [-0.4, -0.2) is 12.6 Å². The van der Waals surface area contributed by atoms with E-state index >= 15 is 0 Å². The minimum absolute atomic E-state index is 0.158. The number of halogens is 1. The number of rotatable bonds is 3. The van der Waals surface area contributed by atoms with Gasteiger partial charge in [-0.05, 0) is 33.4 Å². The second-order valence-corrected chi connectivity index (χ2v) is 6.62. The molecule has 110 valence electrons. The zero-order valence-corrected chi connectivity index (χ0v) is 13.8. The molecule has 1 aliphatic heterocycles. The fourth-order valence-corrected chi connectivity index (χ4v) is 3.71. The van der Waals surface area contributed by atoms with Crippen LogP contribution < -0.4 is 15.8 Å². The van der Waals surface area contributed by atoms with Gasteiger partial charge in [0, 0.05) is 21.3 Å². The number of nitrogens with two attached hydrogens (primary N) is 1. The maximum absolute atomic E-state index is 6.02. The largest absolute Gasteiger partial charge is 0.493 e. The van der Waals surface area contributed by atoms with Crippen molar-refractivity contribution in [3.8, 4) is 5.75 Å². The summed E-state index contributed by atoms with van der Waals surface area (Å²) in [5.74, 6) is 1.40. The van der Waals surface area contributed by atoms with E-state index in [2.05, 4.69) is 32.3 Å². The van der Waals surface area contributed by atoms with Crippen LogP contribution in [-0.2, 0) is 6.54 Å². The predicted octanol–water partition coefficient (Wildman–Crippen LogP) is 3.44. The van der Waals surface area contributed by atoms with Crippen molar-refractivity contribution >= 4 is 33.2 Å². The summed E-state index contributed by atoms with van der Waals surface area (Å²) in [5.41, 5.74) is 7.15. The van der Waals surface area contributed by atoms with Gasteiger partial charge in [0.1, 0.15) is 5.75 Å². The molecule has 4 nitrogen and oxygen atoms in total. The summed E-state index contributed by atoms with van der Waals surface area (Å²) in [5, 5.41) is 5.33. The first kappa shape index (κ1) is 14.4. The molecular formula is C15H16BrN3OS. The molecule has 1 aromatic carbocycles. The Kier molecular flexibility index (Phi) is 4.45. The van der Waals surface area contributed by atoms with E-state index in [1.807, 2.05) is 29.6 Å². The van der Waals surface area contributed by atoms with Crippen molar-refractivity contribution in [1.82, 2.24) is 5.32 Å². The lowest BCUT2D eigenvalue weighted by atomic mass is 10.0. The highest BCUT2D eigenvalue weighted by atomic mass is 79.9. The molecule has 21 heavy (non-hydrogen) atoms. The number of aliphatic imine (C=N–C) groups is 1. The fraction of sp³-hybridized carbons (Fsp3) is 0.267. The molecule has 0 saturated carbocycles. The molecule has 1 aromatic heterocycles. The van der Waals surface area contributed by atoms with Gasteiger partial charge in [0.15, 0.2) is 5.96 Å². The van der Waals surface area contributed by atoms with Gasteiger partial charge in [-0.25, -0.2) is 4.99 Å². The Morgan fingerprint density at radius 2 is 2.29 bits per heavy atom. The summed E-state index contributed by atoms with van der Waals surface area (Å²) in [6.45, 7) is 1.28. The SMILES string of the molecule is NC(=NCc1sccc1Br)NC1CCOc2ccccc21. The summed E-state index contributed by atoms with van der Waals surface area (Å²) in [4.78, 5) is 5.59. The molecule has 2 heterocycles. The van der Waals surface area contributed by atoms with Gasteiger partial charge < -0.3 is 15.8 Å². The van der Waals surface area contributed by atoms with E-state index in [1.165, 1.54) is 4.88 Å². The number of para-hydroxylation sites is 1. The van der Waals surface area contributed by atoms with Crippen molar-refractivity contribution in [3.63, 3.8) is 0 Å². The standard InChI is InChI=1S/C15H16BrN3OS/c16-11-6-8-21-14(11)9-18-15(17)19-12-5-7-20-13-4-2-1-3-10(12)13/h1-4,6,8,12H,5,7,9H2,(H3,17,18,19). The Hall–Kier alpha value is -1.53. The Labute approximate surface area is 136 Å². The van der Waals surface area contributed by atoms with Gasteiger partial charge in [-0.15, -0.1) is 11.3 Å². The summed E-state index contributed by atoms with van der Waals surface area (Å²) < 4.78 is 6.73. The molecule has 1 aliphatic rings. The third-order valence-corrected chi connectivity index (χ3v) is 5.28. The second kappa shape index (κ2) is 6.49. The quantitative estimate of drug-likeness (QED) is 0.646. The molecule has 0 aliphatic carbocycles. The number of thiophene rings is 1. The first-order chi connectivity index (χ1) is 10.2. The van der Waals surface area contributed by atoms with Gasteiger partial charge in [-0.3, -0.25) is 0 Å². The summed E-state index contributed by atoms with van der Waals surface area (Å²) in [6.07, 6.45) is 0.885. The van der Waals surface area contributed by atoms with Crippen LogP contribution in [0.2, 0.25) is 0 Å². The number of fused-ring (bicyclic) bond motifs is 1. The molecule has 1 unspecified atom stereocenters. The summed E-state index contributed by atoms with van der Waals surface area (Å²) in [7, 11) is 0. The van der Waals surface area contributed by atoms with E-state index in [0.29, 0.717) is 19.1 Å². The molecule has 6 heteroatoms. The topological polar surface area (TPSA) is 59.6 Å². The number of hydrogen-bond acceptors (Lipinski definition) is 3. The Morgan fingerprint density at radius 3 is 3.10 bits per heavy atom. The van der Waals surface area contributed by atoms with Crippen molar-refractivity contribution < 1.29 is 4.74 Å². The van der Waals surface area contributed by atoms with E-state index in [1.54, 1.807) is 11.3 Å². The van der Waals surface area contributed by atoms with Gasteiger partial charge in [0.05, 0.1) is 19.2 Å². The average molecular weight is 366 g/mol. The zero-order chi connectivity index (χ0) is 14.7. The molecule has 3 N–H and O–H groups in total. The Bertz CT molecular complexity index is 656. The molecule has 0 fully saturated rings. The molecule has 2 aromatic rings. The van der Waals surface area contributed by atoms with Crippen LogP contribution >= 0.6 is 27.3 Å². The van der Waals surface area contributed by atoms with E-state index in [9.17, 15) is 0 Å². The molecule has 0 radical (unpaired) electrons. The first-order valence-corrected chi connectivity index (χ1v) is 8.41. The lowest BCUT2D eigenvalue weighted by Gasteiger charge is -2.26. The maximum atomic E-state index is 6.02. The molecular weight excluding hydrogens is 350 g/mol. The molecule has 1 atom stereocenters. The Balaban J connectivity index is 1.68. The maximum Gasteiger partial charge on any atom is 0.189 e. The normalized spacial score (nSPS) is 18.0. The fourth-order valence-electron chi connectivity index (χ4n) is 2.31. The van der Waals surface area contributed by atoms with Crippen LogP contribution in [0.5, 0.6) is 5.75 Å². The number of nitrogens with zero attached hydrogens (tertiary/aromatic N) is 1. The van der Waals surface area contributed by atoms with Crippen LogP contribution in [0.3, 0.4) is 0 Å². The number of guanidine groups is 1.